The van der Waals surface area contributed by atoms with Crippen molar-refractivity contribution in [2.75, 3.05) is 13.1 Å². The minimum absolute atomic E-state index is 0.256. The SMILES string of the molecule is O=C(NC1CC1)C1(F)CCCNCC1. The normalized spacial score (nSPS) is 33.5. The first-order chi connectivity index (χ1) is 6.71. The molecule has 1 heterocycles. The predicted octanol–water partition coefficient (Wildman–Crippen LogP) is 0.747. The van der Waals surface area contributed by atoms with Gasteiger partial charge in [0.25, 0.3) is 5.91 Å². The zero-order valence-electron chi connectivity index (χ0n) is 8.31. The number of nitrogens with one attached hydrogen (secondary N) is 2. The van der Waals surface area contributed by atoms with E-state index in [1.807, 2.05) is 0 Å². The Bertz CT molecular complexity index is 220. The fourth-order valence-corrected chi connectivity index (χ4v) is 1.80. The van der Waals surface area contributed by atoms with Crippen molar-refractivity contribution >= 4 is 5.91 Å². The number of carbonyl (C=O) groups excluding carboxylic acids is 1. The van der Waals surface area contributed by atoms with E-state index in [0.29, 0.717) is 19.4 Å². The van der Waals surface area contributed by atoms with E-state index >= 15 is 0 Å². The Labute approximate surface area is 83.4 Å². The molecule has 2 aliphatic rings. The third-order valence-corrected chi connectivity index (χ3v) is 2.94. The third kappa shape index (κ3) is 2.23. The number of rotatable bonds is 2. The first kappa shape index (κ1) is 9.90. The predicted molar refractivity (Wildman–Crippen MR) is 51.7 cm³/mol. The molecular formula is C10H17FN2O. The van der Waals surface area contributed by atoms with Crippen LogP contribution >= 0.6 is 0 Å². The molecule has 80 valence electrons. The number of halogens is 1. The van der Waals surface area contributed by atoms with Crippen molar-refractivity contribution in [2.45, 2.75) is 43.8 Å². The van der Waals surface area contributed by atoms with Gasteiger partial charge in [0.05, 0.1) is 0 Å². The van der Waals surface area contributed by atoms with Gasteiger partial charge in [-0.05, 0) is 38.8 Å². The van der Waals surface area contributed by atoms with Gasteiger partial charge in [0, 0.05) is 12.5 Å². The second kappa shape index (κ2) is 3.85. The Morgan fingerprint density at radius 2 is 2.14 bits per heavy atom. The Balaban J connectivity index is 1.92. The Morgan fingerprint density at radius 1 is 1.36 bits per heavy atom. The third-order valence-electron chi connectivity index (χ3n) is 2.94. The van der Waals surface area contributed by atoms with Gasteiger partial charge in [-0.3, -0.25) is 4.79 Å². The molecular weight excluding hydrogens is 183 g/mol. The topological polar surface area (TPSA) is 41.1 Å². The fourth-order valence-electron chi connectivity index (χ4n) is 1.80. The molecule has 14 heavy (non-hydrogen) atoms. The van der Waals surface area contributed by atoms with E-state index in [9.17, 15) is 9.18 Å². The molecule has 1 unspecified atom stereocenters. The zero-order chi connectivity index (χ0) is 10.0. The highest BCUT2D eigenvalue weighted by atomic mass is 19.1. The molecule has 1 saturated carbocycles. The summed E-state index contributed by atoms with van der Waals surface area (Å²) < 4.78 is 14.2. The van der Waals surface area contributed by atoms with Crippen molar-refractivity contribution < 1.29 is 9.18 Å². The maximum atomic E-state index is 14.2. The summed E-state index contributed by atoms with van der Waals surface area (Å²) in [6, 6.07) is 0.256. The van der Waals surface area contributed by atoms with Crippen molar-refractivity contribution in [3.63, 3.8) is 0 Å². The van der Waals surface area contributed by atoms with Gasteiger partial charge >= 0.3 is 0 Å². The van der Waals surface area contributed by atoms with E-state index < -0.39 is 5.67 Å². The van der Waals surface area contributed by atoms with Gasteiger partial charge in [0.2, 0.25) is 0 Å². The fraction of sp³-hybridized carbons (Fsp3) is 0.900. The Hall–Kier alpha value is -0.640. The second-order valence-electron chi connectivity index (χ2n) is 4.32. The molecule has 0 radical (unpaired) electrons. The average Bonchev–Trinajstić information content (AvgIpc) is 2.94. The average molecular weight is 200 g/mol. The molecule has 4 heteroatoms. The first-order valence-corrected chi connectivity index (χ1v) is 5.41. The lowest BCUT2D eigenvalue weighted by molar-refractivity contribution is -0.133. The summed E-state index contributed by atoms with van der Waals surface area (Å²) >= 11 is 0. The maximum absolute atomic E-state index is 14.2. The van der Waals surface area contributed by atoms with Gasteiger partial charge in [0.15, 0.2) is 5.67 Å². The van der Waals surface area contributed by atoms with E-state index in [0.717, 1.165) is 25.8 Å². The van der Waals surface area contributed by atoms with E-state index in [1.54, 1.807) is 0 Å². The minimum atomic E-state index is -1.62. The molecule has 2 fully saturated rings. The van der Waals surface area contributed by atoms with E-state index in [-0.39, 0.29) is 11.9 Å². The van der Waals surface area contributed by atoms with Gasteiger partial charge < -0.3 is 10.6 Å². The molecule has 1 amide bonds. The van der Waals surface area contributed by atoms with Gasteiger partial charge in [-0.15, -0.1) is 0 Å². The van der Waals surface area contributed by atoms with Crippen LogP contribution in [0, 0.1) is 0 Å². The maximum Gasteiger partial charge on any atom is 0.257 e. The highest BCUT2D eigenvalue weighted by Gasteiger charge is 2.40. The quantitative estimate of drug-likeness (QED) is 0.690. The van der Waals surface area contributed by atoms with Crippen molar-refractivity contribution in [2.24, 2.45) is 0 Å². The van der Waals surface area contributed by atoms with Crippen LogP contribution in [0.3, 0.4) is 0 Å². The lowest BCUT2D eigenvalue weighted by Crippen LogP contribution is -2.44. The van der Waals surface area contributed by atoms with E-state index in [2.05, 4.69) is 10.6 Å². The standard InChI is InChI=1S/C10H17FN2O/c11-10(4-1-6-12-7-5-10)9(14)13-8-2-3-8/h8,12H,1-7H2,(H,13,14). The molecule has 1 aliphatic carbocycles. The molecule has 0 aromatic heterocycles. The molecule has 2 N–H and O–H groups in total. The lowest BCUT2D eigenvalue weighted by Gasteiger charge is -2.21. The zero-order valence-corrected chi connectivity index (χ0v) is 8.31. The number of hydrogen-bond donors (Lipinski definition) is 2. The van der Waals surface area contributed by atoms with Crippen LogP contribution in [0.1, 0.15) is 32.1 Å². The van der Waals surface area contributed by atoms with Crippen LogP contribution in [0.5, 0.6) is 0 Å². The number of amides is 1. The molecule has 2 rings (SSSR count). The summed E-state index contributed by atoms with van der Waals surface area (Å²) in [4.78, 5) is 11.6. The van der Waals surface area contributed by atoms with E-state index in [1.165, 1.54) is 0 Å². The molecule has 0 aromatic carbocycles. The van der Waals surface area contributed by atoms with Crippen molar-refractivity contribution in [3.8, 4) is 0 Å². The number of carbonyl (C=O) groups is 1. The van der Waals surface area contributed by atoms with Gasteiger partial charge in [-0.2, -0.15) is 0 Å². The molecule has 0 spiro atoms. The van der Waals surface area contributed by atoms with Crippen LogP contribution in [0.25, 0.3) is 0 Å². The highest BCUT2D eigenvalue weighted by molar-refractivity contribution is 5.85. The van der Waals surface area contributed by atoms with Crippen LogP contribution in [0.15, 0.2) is 0 Å². The summed E-state index contributed by atoms with van der Waals surface area (Å²) in [6.45, 7) is 1.43. The number of alkyl halides is 1. The minimum Gasteiger partial charge on any atom is -0.351 e. The van der Waals surface area contributed by atoms with Gasteiger partial charge in [0.1, 0.15) is 0 Å². The van der Waals surface area contributed by atoms with Crippen LogP contribution in [0.2, 0.25) is 0 Å². The summed E-state index contributed by atoms with van der Waals surface area (Å²) in [7, 11) is 0. The first-order valence-electron chi connectivity index (χ1n) is 5.41. The van der Waals surface area contributed by atoms with Crippen molar-refractivity contribution in [1.82, 2.24) is 10.6 Å². The molecule has 1 aliphatic heterocycles. The summed E-state index contributed by atoms with van der Waals surface area (Å²) in [5.74, 6) is -0.385. The van der Waals surface area contributed by atoms with E-state index in [4.69, 9.17) is 0 Å². The molecule has 1 saturated heterocycles. The van der Waals surface area contributed by atoms with Crippen LogP contribution in [-0.4, -0.2) is 30.7 Å². The number of hydrogen-bond acceptors (Lipinski definition) is 2. The second-order valence-corrected chi connectivity index (χ2v) is 4.32. The molecule has 0 aromatic rings. The highest BCUT2D eigenvalue weighted by Crippen LogP contribution is 2.27. The molecule has 1 atom stereocenters. The monoisotopic (exact) mass is 200 g/mol. The van der Waals surface area contributed by atoms with Crippen LogP contribution in [-0.2, 0) is 4.79 Å². The smallest absolute Gasteiger partial charge is 0.257 e. The van der Waals surface area contributed by atoms with Crippen LogP contribution < -0.4 is 10.6 Å². The largest absolute Gasteiger partial charge is 0.351 e. The van der Waals surface area contributed by atoms with Crippen molar-refractivity contribution in [1.29, 1.82) is 0 Å². The van der Waals surface area contributed by atoms with Crippen molar-refractivity contribution in [3.05, 3.63) is 0 Å². The Morgan fingerprint density at radius 3 is 2.86 bits per heavy atom. The lowest BCUT2D eigenvalue weighted by atomic mass is 9.96. The molecule has 0 bridgehead atoms. The summed E-state index contributed by atoms with van der Waals surface area (Å²) in [5, 5.41) is 5.86. The Kier molecular flexibility index (Phi) is 2.72. The van der Waals surface area contributed by atoms with Crippen LogP contribution in [0.4, 0.5) is 4.39 Å². The van der Waals surface area contributed by atoms with Gasteiger partial charge in [-0.1, -0.05) is 0 Å². The van der Waals surface area contributed by atoms with Gasteiger partial charge in [-0.25, -0.2) is 4.39 Å². The molecule has 3 nitrogen and oxygen atoms in total. The summed E-state index contributed by atoms with van der Waals surface area (Å²) in [6.07, 6.45) is 3.44. The summed E-state index contributed by atoms with van der Waals surface area (Å²) in [5.41, 5.74) is -1.62.